The quantitative estimate of drug-likeness (QED) is 0.248. The summed E-state index contributed by atoms with van der Waals surface area (Å²) < 4.78 is 11.3. The van der Waals surface area contributed by atoms with Gasteiger partial charge in [-0.1, -0.05) is 18.2 Å². The molecule has 0 saturated heterocycles. The summed E-state index contributed by atoms with van der Waals surface area (Å²) in [4.78, 5) is 8.84. The van der Waals surface area contributed by atoms with Gasteiger partial charge in [0.05, 0.1) is 25.4 Å². The molecule has 1 aromatic heterocycles. The average Bonchev–Trinajstić information content (AvgIpc) is 2.70. The van der Waals surface area contributed by atoms with Crippen LogP contribution in [0.1, 0.15) is 44.9 Å². The summed E-state index contributed by atoms with van der Waals surface area (Å²) in [6.07, 6.45) is 1.10. The highest BCUT2D eigenvalue weighted by molar-refractivity contribution is 14.0. The Morgan fingerprint density at radius 2 is 1.97 bits per heavy atom. The van der Waals surface area contributed by atoms with E-state index in [1.54, 1.807) is 6.20 Å². The fourth-order valence-electron chi connectivity index (χ4n) is 2.70. The van der Waals surface area contributed by atoms with Crippen LogP contribution in [0, 0.1) is 0 Å². The molecule has 3 N–H and O–H groups in total. The van der Waals surface area contributed by atoms with Crippen LogP contribution in [0.25, 0.3) is 0 Å². The van der Waals surface area contributed by atoms with E-state index < -0.39 is 6.10 Å². The van der Waals surface area contributed by atoms with Gasteiger partial charge < -0.3 is 25.2 Å². The molecule has 0 spiro atoms. The van der Waals surface area contributed by atoms with E-state index in [4.69, 9.17) is 9.47 Å². The topological polar surface area (TPSA) is 88.0 Å². The Morgan fingerprint density at radius 3 is 2.67 bits per heavy atom. The molecule has 1 atom stereocenters. The monoisotopic (exact) mass is 528 g/mol. The van der Waals surface area contributed by atoms with Crippen molar-refractivity contribution in [2.24, 2.45) is 4.99 Å². The number of nitrogens with zero attached hydrogens (tertiary/aromatic N) is 2. The average molecular weight is 528 g/mol. The first-order valence-corrected chi connectivity index (χ1v) is 10.1. The first-order chi connectivity index (χ1) is 14.0. The molecule has 2 aromatic rings. The third kappa shape index (κ3) is 8.74. The zero-order valence-electron chi connectivity index (χ0n) is 18.1. The van der Waals surface area contributed by atoms with E-state index in [2.05, 4.69) is 20.6 Å². The molecule has 2 rings (SSSR count). The van der Waals surface area contributed by atoms with Crippen LogP contribution in [-0.2, 0) is 6.54 Å². The maximum absolute atomic E-state index is 10.6. The molecule has 1 heterocycles. The number of pyridine rings is 1. The van der Waals surface area contributed by atoms with Gasteiger partial charge >= 0.3 is 0 Å². The van der Waals surface area contributed by atoms with Crippen molar-refractivity contribution in [2.75, 3.05) is 19.7 Å². The minimum Gasteiger partial charge on any atom is -0.491 e. The zero-order valence-corrected chi connectivity index (χ0v) is 20.4. The molecule has 0 aliphatic carbocycles. The van der Waals surface area contributed by atoms with Gasteiger partial charge in [0, 0.05) is 24.8 Å². The number of halogens is 1. The van der Waals surface area contributed by atoms with Crippen molar-refractivity contribution in [3.63, 3.8) is 0 Å². The Balaban J connectivity index is 0.00000450. The maximum atomic E-state index is 10.6. The molecule has 0 bridgehead atoms. The normalized spacial score (nSPS) is 12.1. The van der Waals surface area contributed by atoms with Crippen LogP contribution in [0.15, 0.2) is 47.6 Å². The van der Waals surface area contributed by atoms with Crippen LogP contribution < -0.4 is 20.1 Å². The molecule has 0 aliphatic rings. The van der Waals surface area contributed by atoms with Crippen LogP contribution >= 0.6 is 24.0 Å². The first-order valence-electron chi connectivity index (χ1n) is 10.1. The Morgan fingerprint density at radius 1 is 1.17 bits per heavy atom. The second-order valence-electron chi connectivity index (χ2n) is 6.73. The highest BCUT2D eigenvalue weighted by Gasteiger charge is 2.11. The smallest absolute Gasteiger partial charge is 0.218 e. The number of rotatable bonds is 10. The van der Waals surface area contributed by atoms with E-state index in [1.165, 1.54) is 0 Å². The number of aliphatic imine (C=N–C) groups is 1. The summed E-state index contributed by atoms with van der Waals surface area (Å²) in [7, 11) is 0. The van der Waals surface area contributed by atoms with Crippen molar-refractivity contribution in [1.29, 1.82) is 0 Å². The third-order valence-corrected chi connectivity index (χ3v) is 3.96. The molecule has 8 heteroatoms. The molecule has 7 nitrogen and oxygen atoms in total. The van der Waals surface area contributed by atoms with Crippen molar-refractivity contribution < 1.29 is 14.6 Å². The van der Waals surface area contributed by atoms with Gasteiger partial charge in [0.15, 0.2) is 5.96 Å². The number of hydrogen-bond donors (Lipinski definition) is 3. The minimum atomic E-state index is -0.688. The van der Waals surface area contributed by atoms with Gasteiger partial charge in [-0.05, 0) is 51.5 Å². The third-order valence-electron chi connectivity index (χ3n) is 3.96. The summed E-state index contributed by atoms with van der Waals surface area (Å²) in [5.41, 5.74) is 1.70. The Kier molecular flexibility index (Phi) is 12.1. The summed E-state index contributed by atoms with van der Waals surface area (Å²) in [5, 5.41) is 16.9. The van der Waals surface area contributed by atoms with E-state index in [-0.39, 0.29) is 30.1 Å². The lowest BCUT2D eigenvalue weighted by Gasteiger charge is -2.17. The van der Waals surface area contributed by atoms with Gasteiger partial charge in [-0.2, -0.15) is 0 Å². The van der Waals surface area contributed by atoms with Gasteiger partial charge in [0.1, 0.15) is 5.75 Å². The largest absolute Gasteiger partial charge is 0.491 e. The van der Waals surface area contributed by atoms with Crippen LogP contribution in [0.5, 0.6) is 11.6 Å². The minimum absolute atomic E-state index is 0. The van der Waals surface area contributed by atoms with E-state index in [9.17, 15) is 5.11 Å². The van der Waals surface area contributed by atoms with Crippen molar-refractivity contribution in [2.45, 2.75) is 46.4 Å². The number of guanidine groups is 1. The van der Waals surface area contributed by atoms with Crippen LogP contribution in [0.4, 0.5) is 0 Å². The molecule has 1 unspecified atom stereocenters. The van der Waals surface area contributed by atoms with Crippen molar-refractivity contribution >= 4 is 29.9 Å². The van der Waals surface area contributed by atoms with Crippen molar-refractivity contribution in [1.82, 2.24) is 15.6 Å². The lowest BCUT2D eigenvalue weighted by Crippen LogP contribution is -2.39. The number of nitrogens with one attached hydrogen (secondary N) is 2. The van der Waals surface area contributed by atoms with Crippen LogP contribution in [0.2, 0.25) is 0 Å². The second-order valence-corrected chi connectivity index (χ2v) is 6.73. The van der Waals surface area contributed by atoms with E-state index in [0.717, 1.165) is 16.9 Å². The van der Waals surface area contributed by atoms with Crippen LogP contribution in [0.3, 0.4) is 0 Å². The molecule has 0 aliphatic heterocycles. The lowest BCUT2D eigenvalue weighted by molar-refractivity contribution is 0.179. The molecule has 0 amide bonds. The second kappa shape index (κ2) is 14.0. The standard InChI is InChI=1S/C22H32N4O3.HI/c1-5-23-22(25-14-18-10-8-12-24-21(18)28-6-2)26-15-20(27)17-9-7-11-19(13-17)29-16(3)4;/h7-13,16,20,27H,5-6,14-15H2,1-4H3,(H2,23,25,26);1H. The molecule has 0 saturated carbocycles. The number of aromatic nitrogens is 1. The number of ether oxygens (including phenoxy) is 2. The van der Waals surface area contributed by atoms with Gasteiger partial charge in [-0.15, -0.1) is 24.0 Å². The van der Waals surface area contributed by atoms with E-state index in [1.807, 2.05) is 64.1 Å². The molecule has 1 aromatic carbocycles. The highest BCUT2D eigenvalue weighted by atomic mass is 127. The SMILES string of the molecule is CCNC(=NCc1cccnc1OCC)NCC(O)c1cccc(OC(C)C)c1.I. The Bertz CT molecular complexity index is 786. The fraction of sp³-hybridized carbons (Fsp3) is 0.455. The van der Waals surface area contributed by atoms with Gasteiger partial charge in [0.2, 0.25) is 5.88 Å². The lowest BCUT2D eigenvalue weighted by atomic mass is 10.1. The molecular formula is C22H33IN4O3. The van der Waals surface area contributed by atoms with Crippen molar-refractivity contribution in [3.05, 3.63) is 53.7 Å². The predicted molar refractivity (Wildman–Crippen MR) is 131 cm³/mol. The number of hydrogen-bond acceptors (Lipinski definition) is 5. The number of aliphatic hydroxyl groups is 1. The Labute approximate surface area is 196 Å². The molecular weight excluding hydrogens is 495 g/mol. The maximum Gasteiger partial charge on any atom is 0.218 e. The molecule has 0 fully saturated rings. The van der Waals surface area contributed by atoms with E-state index in [0.29, 0.717) is 38.1 Å². The van der Waals surface area contributed by atoms with Gasteiger partial charge in [-0.25, -0.2) is 9.98 Å². The number of aliphatic hydroxyl groups excluding tert-OH is 1. The fourth-order valence-corrected chi connectivity index (χ4v) is 2.70. The van der Waals surface area contributed by atoms with Gasteiger partial charge in [0.25, 0.3) is 0 Å². The summed E-state index contributed by atoms with van der Waals surface area (Å²) >= 11 is 0. The van der Waals surface area contributed by atoms with Crippen LogP contribution in [-0.4, -0.2) is 41.9 Å². The summed E-state index contributed by atoms with van der Waals surface area (Å²) in [6.45, 7) is 9.88. The number of benzene rings is 1. The molecule has 30 heavy (non-hydrogen) atoms. The van der Waals surface area contributed by atoms with E-state index >= 15 is 0 Å². The Hall–Kier alpha value is -2.07. The van der Waals surface area contributed by atoms with Gasteiger partial charge in [-0.3, -0.25) is 0 Å². The van der Waals surface area contributed by atoms with Crippen molar-refractivity contribution in [3.8, 4) is 11.6 Å². The zero-order chi connectivity index (χ0) is 21.1. The molecule has 0 radical (unpaired) electrons. The summed E-state index contributed by atoms with van der Waals surface area (Å²) in [6, 6.07) is 11.3. The highest BCUT2D eigenvalue weighted by Crippen LogP contribution is 2.20. The first kappa shape index (κ1) is 26.0. The predicted octanol–water partition coefficient (Wildman–Crippen LogP) is 3.67. The summed E-state index contributed by atoms with van der Waals surface area (Å²) in [5.74, 6) is 1.96. The molecule has 166 valence electrons.